The van der Waals surface area contributed by atoms with Crippen LogP contribution in [0.4, 0.5) is 5.82 Å². The topological polar surface area (TPSA) is 114 Å². The number of hydrogen-bond donors (Lipinski definition) is 3. The highest BCUT2D eigenvalue weighted by Gasteiger charge is 2.20. The van der Waals surface area contributed by atoms with Crippen LogP contribution in [-0.2, 0) is 14.8 Å². The highest BCUT2D eigenvalue weighted by molar-refractivity contribution is 9.10. The van der Waals surface area contributed by atoms with Crippen LogP contribution in [0, 0.1) is 0 Å². The van der Waals surface area contributed by atoms with Crippen molar-refractivity contribution in [2.45, 2.75) is 44.0 Å². The van der Waals surface area contributed by atoms with Crippen molar-refractivity contribution in [1.29, 1.82) is 0 Å². The van der Waals surface area contributed by atoms with E-state index >= 15 is 0 Å². The summed E-state index contributed by atoms with van der Waals surface area (Å²) in [4.78, 5) is 15.4. The second-order valence-corrected chi connectivity index (χ2v) is 8.12. The number of pyridine rings is 1. The molecule has 0 aliphatic carbocycles. The van der Waals surface area contributed by atoms with Crippen LogP contribution in [0.2, 0.25) is 0 Å². The van der Waals surface area contributed by atoms with Crippen LogP contribution < -0.4 is 15.8 Å². The molecule has 0 spiro atoms. The van der Waals surface area contributed by atoms with Gasteiger partial charge in [-0.05, 0) is 42.3 Å². The lowest BCUT2D eigenvalue weighted by molar-refractivity contribution is -0.122. The molecule has 1 rings (SSSR count). The number of carbonyl (C=O) groups is 1. The van der Waals surface area contributed by atoms with Gasteiger partial charge >= 0.3 is 0 Å². The highest BCUT2D eigenvalue weighted by Crippen LogP contribution is 2.20. The molecule has 1 amide bonds. The molecule has 0 bridgehead atoms. The zero-order valence-electron chi connectivity index (χ0n) is 12.8. The van der Waals surface area contributed by atoms with Gasteiger partial charge in [0.15, 0.2) is 0 Å². The molecule has 4 N–H and O–H groups in total. The predicted molar refractivity (Wildman–Crippen MR) is 88.7 cm³/mol. The number of nitrogens with zero attached hydrogens (tertiary/aromatic N) is 1. The minimum absolute atomic E-state index is 0.0140. The molecule has 0 aliphatic rings. The fourth-order valence-electron chi connectivity index (χ4n) is 1.55. The van der Waals surface area contributed by atoms with Crippen LogP contribution in [0.3, 0.4) is 0 Å². The third-order valence-corrected chi connectivity index (χ3v) is 5.07. The lowest BCUT2D eigenvalue weighted by Gasteiger charge is -2.24. The van der Waals surface area contributed by atoms with Crippen LogP contribution in [0.25, 0.3) is 0 Å². The maximum absolute atomic E-state index is 12.1. The van der Waals surface area contributed by atoms with Gasteiger partial charge < -0.3 is 11.1 Å². The van der Waals surface area contributed by atoms with Gasteiger partial charge in [0.2, 0.25) is 15.9 Å². The Balaban J connectivity index is 2.64. The van der Waals surface area contributed by atoms with Crippen molar-refractivity contribution in [2.24, 2.45) is 0 Å². The quantitative estimate of drug-likeness (QED) is 0.648. The number of sulfonamides is 1. The predicted octanol–water partition coefficient (Wildman–Crippen LogP) is 1.40. The Morgan fingerprint density at radius 2 is 2.09 bits per heavy atom. The molecule has 0 unspecified atom stereocenters. The lowest BCUT2D eigenvalue weighted by Crippen LogP contribution is -2.43. The molecule has 0 aromatic carbocycles. The van der Waals surface area contributed by atoms with Crippen molar-refractivity contribution in [3.05, 3.63) is 16.7 Å². The maximum Gasteiger partial charge on any atom is 0.244 e. The Bertz CT molecular complexity index is 647. The summed E-state index contributed by atoms with van der Waals surface area (Å²) in [5.74, 6) is -0.304. The van der Waals surface area contributed by atoms with Gasteiger partial charge in [0, 0.05) is 29.2 Å². The average Bonchev–Trinajstić information content (AvgIpc) is 2.40. The number of aromatic nitrogens is 1. The minimum atomic E-state index is -3.81. The molecule has 0 radical (unpaired) electrons. The van der Waals surface area contributed by atoms with E-state index in [2.05, 4.69) is 31.0 Å². The van der Waals surface area contributed by atoms with Crippen LogP contribution >= 0.6 is 15.9 Å². The number of halogens is 1. The van der Waals surface area contributed by atoms with Crippen molar-refractivity contribution in [1.82, 2.24) is 15.0 Å². The first-order valence-corrected chi connectivity index (χ1v) is 9.07. The van der Waals surface area contributed by atoms with Crippen LogP contribution in [-0.4, -0.2) is 31.4 Å². The SMILES string of the molecule is CCC(C)(C)NC(=O)CCNS(=O)(=O)c1cc(Br)cnc1N. The fraction of sp³-hybridized carbons (Fsp3) is 0.538. The Morgan fingerprint density at radius 3 is 2.68 bits per heavy atom. The number of rotatable bonds is 7. The molecular formula is C13H21BrN4O3S. The average molecular weight is 393 g/mol. The third-order valence-electron chi connectivity index (χ3n) is 3.14. The molecule has 0 aliphatic heterocycles. The second kappa shape index (κ2) is 7.38. The summed E-state index contributed by atoms with van der Waals surface area (Å²) < 4.78 is 27.1. The molecule has 1 heterocycles. The molecule has 9 heteroatoms. The molecule has 0 fully saturated rings. The van der Waals surface area contributed by atoms with E-state index in [4.69, 9.17) is 5.73 Å². The van der Waals surface area contributed by atoms with Crippen molar-refractivity contribution in [2.75, 3.05) is 12.3 Å². The third kappa shape index (κ3) is 5.54. The normalized spacial score (nSPS) is 12.2. The molecular weight excluding hydrogens is 372 g/mol. The molecule has 1 aromatic heterocycles. The Morgan fingerprint density at radius 1 is 1.45 bits per heavy atom. The summed E-state index contributed by atoms with van der Waals surface area (Å²) in [6, 6.07) is 1.37. The number of anilines is 1. The first-order chi connectivity index (χ1) is 10.1. The summed E-state index contributed by atoms with van der Waals surface area (Å²) in [7, 11) is -3.81. The summed E-state index contributed by atoms with van der Waals surface area (Å²) in [6.45, 7) is 5.76. The van der Waals surface area contributed by atoms with Gasteiger partial charge in [0.05, 0.1) is 0 Å². The number of nitrogens with two attached hydrogens (primary N) is 1. The summed E-state index contributed by atoms with van der Waals surface area (Å²) in [6.07, 6.45) is 2.24. The zero-order chi connectivity index (χ0) is 17.0. The molecule has 7 nitrogen and oxygen atoms in total. The van der Waals surface area contributed by atoms with E-state index in [1.54, 1.807) is 0 Å². The minimum Gasteiger partial charge on any atom is -0.383 e. The lowest BCUT2D eigenvalue weighted by atomic mass is 10.0. The second-order valence-electron chi connectivity index (χ2n) is 5.47. The summed E-state index contributed by atoms with van der Waals surface area (Å²) in [5.41, 5.74) is 5.27. The van der Waals surface area contributed by atoms with Gasteiger partial charge in [0.25, 0.3) is 0 Å². The fourth-order valence-corrected chi connectivity index (χ4v) is 3.17. The van der Waals surface area contributed by atoms with E-state index in [0.29, 0.717) is 4.47 Å². The molecule has 0 saturated carbocycles. The first-order valence-electron chi connectivity index (χ1n) is 6.79. The van der Waals surface area contributed by atoms with Gasteiger partial charge in [-0.25, -0.2) is 18.1 Å². The highest BCUT2D eigenvalue weighted by atomic mass is 79.9. The van der Waals surface area contributed by atoms with E-state index in [-0.39, 0.29) is 35.1 Å². The Labute approximate surface area is 139 Å². The van der Waals surface area contributed by atoms with E-state index in [9.17, 15) is 13.2 Å². The Kier molecular flexibility index (Phi) is 6.33. The van der Waals surface area contributed by atoms with Crippen molar-refractivity contribution >= 4 is 37.7 Å². The van der Waals surface area contributed by atoms with Crippen molar-refractivity contribution in [3.8, 4) is 0 Å². The number of nitrogen functional groups attached to an aromatic ring is 1. The van der Waals surface area contributed by atoms with E-state index < -0.39 is 10.0 Å². The number of nitrogens with one attached hydrogen (secondary N) is 2. The van der Waals surface area contributed by atoms with Gasteiger partial charge in [-0.2, -0.15) is 0 Å². The zero-order valence-corrected chi connectivity index (χ0v) is 15.2. The maximum atomic E-state index is 12.1. The number of amides is 1. The smallest absolute Gasteiger partial charge is 0.244 e. The first kappa shape index (κ1) is 18.9. The standard InChI is InChI=1S/C13H21BrN4O3S/c1-4-13(2,3)18-11(19)5-6-17-22(20,21)10-7-9(14)8-16-12(10)15/h7-8,17H,4-6H2,1-3H3,(H2,15,16)(H,18,19). The van der Waals surface area contributed by atoms with E-state index in [0.717, 1.165) is 6.42 Å². The van der Waals surface area contributed by atoms with Crippen LogP contribution in [0.5, 0.6) is 0 Å². The molecule has 1 aromatic rings. The molecule has 0 atom stereocenters. The van der Waals surface area contributed by atoms with Gasteiger partial charge in [-0.1, -0.05) is 6.92 Å². The van der Waals surface area contributed by atoms with Gasteiger partial charge in [-0.15, -0.1) is 0 Å². The summed E-state index contributed by atoms with van der Waals surface area (Å²) in [5, 5.41) is 2.83. The molecule has 124 valence electrons. The molecule has 0 saturated heterocycles. The van der Waals surface area contributed by atoms with Gasteiger partial charge in [-0.3, -0.25) is 4.79 Å². The van der Waals surface area contributed by atoms with Crippen LogP contribution in [0.1, 0.15) is 33.6 Å². The van der Waals surface area contributed by atoms with Crippen molar-refractivity contribution < 1.29 is 13.2 Å². The van der Waals surface area contributed by atoms with Crippen molar-refractivity contribution in [3.63, 3.8) is 0 Å². The summed E-state index contributed by atoms with van der Waals surface area (Å²) >= 11 is 3.15. The van der Waals surface area contributed by atoms with E-state index in [1.807, 2.05) is 20.8 Å². The van der Waals surface area contributed by atoms with Gasteiger partial charge in [0.1, 0.15) is 10.7 Å². The largest absolute Gasteiger partial charge is 0.383 e. The van der Waals surface area contributed by atoms with E-state index in [1.165, 1.54) is 12.3 Å². The Hall–Kier alpha value is -1.19. The molecule has 22 heavy (non-hydrogen) atoms. The number of hydrogen-bond acceptors (Lipinski definition) is 5. The monoisotopic (exact) mass is 392 g/mol. The van der Waals surface area contributed by atoms with Crippen LogP contribution in [0.15, 0.2) is 21.6 Å². The number of carbonyl (C=O) groups excluding carboxylic acids is 1.